The van der Waals surface area contributed by atoms with Gasteiger partial charge in [-0.1, -0.05) is 11.3 Å². The van der Waals surface area contributed by atoms with E-state index in [1.165, 1.54) is 0 Å². The SMILES string of the molecule is Cc1nc(NCc2nnc(C)s2)cc(OCC2CC2c2ccn(C)n2)n1. The summed E-state index contributed by atoms with van der Waals surface area (Å²) in [5.74, 6) is 3.01. The van der Waals surface area contributed by atoms with Crippen LogP contribution in [0.2, 0.25) is 0 Å². The van der Waals surface area contributed by atoms with Crippen molar-refractivity contribution >= 4 is 17.2 Å². The van der Waals surface area contributed by atoms with Crippen LogP contribution in [0.3, 0.4) is 0 Å². The first-order chi connectivity index (χ1) is 12.6. The van der Waals surface area contributed by atoms with Crippen molar-refractivity contribution in [3.8, 4) is 5.88 Å². The average molecular weight is 371 g/mol. The Kier molecular flexibility index (Phi) is 4.54. The lowest BCUT2D eigenvalue weighted by atomic mass is 10.2. The van der Waals surface area contributed by atoms with Crippen LogP contribution in [0.1, 0.15) is 33.9 Å². The van der Waals surface area contributed by atoms with Crippen molar-refractivity contribution in [2.75, 3.05) is 11.9 Å². The van der Waals surface area contributed by atoms with Crippen molar-refractivity contribution in [2.24, 2.45) is 13.0 Å². The largest absolute Gasteiger partial charge is 0.477 e. The molecule has 9 heteroatoms. The minimum atomic E-state index is 0.498. The van der Waals surface area contributed by atoms with Crippen LogP contribution in [0, 0.1) is 19.8 Å². The lowest BCUT2D eigenvalue weighted by molar-refractivity contribution is 0.284. The van der Waals surface area contributed by atoms with E-state index in [-0.39, 0.29) is 0 Å². The van der Waals surface area contributed by atoms with Gasteiger partial charge in [-0.05, 0) is 26.3 Å². The van der Waals surface area contributed by atoms with Gasteiger partial charge in [-0.15, -0.1) is 10.2 Å². The molecule has 2 unspecified atom stereocenters. The third-order valence-electron chi connectivity index (χ3n) is 4.29. The van der Waals surface area contributed by atoms with Crippen molar-refractivity contribution < 1.29 is 4.74 Å². The predicted molar refractivity (Wildman–Crippen MR) is 98.3 cm³/mol. The molecule has 0 amide bonds. The van der Waals surface area contributed by atoms with Crippen LogP contribution >= 0.6 is 11.3 Å². The maximum atomic E-state index is 5.92. The fourth-order valence-electron chi connectivity index (χ4n) is 2.90. The summed E-state index contributed by atoms with van der Waals surface area (Å²) in [5, 5.41) is 17.7. The van der Waals surface area contributed by atoms with Crippen LogP contribution in [0.15, 0.2) is 18.3 Å². The monoisotopic (exact) mass is 371 g/mol. The number of hydrogen-bond acceptors (Lipinski definition) is 8. The lowest BCUT2D eigenvalue weighted by Crippen LogP contribution is -2.07. The second-order valence-corrected chi connectivity index (χ2v) is 7.80. The Morgan fingerprint density at radius 3 is 2.92 bits per heavy atom. The topological polar surface area (TPSA) is 90.6 Å². The molecule has 2 atom stereocenters. The molecule has 1 saturated carbocycles. The molecule has 0 aliphatic heterocycles. The maximum Gasteiger partial charge on any atom is 0.218 e. The van der Waals surface area contributed by atoms with Crippen LogP contribution in [0.5, 0.6) is 5.88 Å². The fourth-order valence-corrected chi connectivity index (χ4v) is 3.55. The Hall–Kier alpha value is -2.55. The Morgan fingerprint density at radius 1 is 1.31 bits per heavy atom. The van der Waals surface area contributed by atoms with Gasteiger partial charge < -0.3 is 10.1 Å². The van der Waals surface area contributed by atoms with Crippen LogP contribution < -0.4 is 10.1 Å². The van der Waals surface area contributed by atoms with Gasteiger partial charge in [0.25, 0.3) is 0 Å². The Labute approximate surface area is 155 Å². The Balaban J connectivity index is 1.33. The van der Waals surface area contributed by atoms with Crippen LogP contribution in [-0.2, 0) is 13.6 Å². The molecule has 26 heavy (non-hydrogen) atoms. The lowest BCUT2D eigenvalue weighted by Gasteiger charge is -2.09. The van der Waals surface area contributed by atoms with Crippen molar-refractivity contribution in [2.45, 2.75) is 32.7 Å². The van der Waals surface area contributed by atoms with E-state index in [0.717, 1.165) is 27.9 Å². The molecule has 1 aliphatic rings. The molecule has 3 heterocycles. The van der Waals surface area contributed by atoms with E-state index in [1.807, 2.05) is 37.8 Å². The van der Waals surface area contributed by atoms with Crippen LogP contribution in [0.4, 0.5) is 5.82 Å². The first kappa shape index (κ1) is 16.9. The number of ether oxygens (including phenoxy) is 1. The standard InChI is InChI=1S/C17H21N7OS/c1-10-19-15(18-8-17-22-21-11(2)26-17)7-16(20-10)25-9-12-6-13(12)14-4-5-24(3)23-14/h4-5,7,12-13H,6,8-9H2,1-3H3,(H,18,19,20). The number of nitrogens with one attached hydrogen (secondary N) is 1. The van der Waals surface area contributed by atoms with Gasteiger partial charge >= 0.3 is 0 Å². The third-order valence-corrected chi connectivity index (χ3v) is 5.12. The van der Waals surface area contributed by atoms with E-state index in [0.29, 0.717) is 36.7 Å². The predicted octanol–water partition coefficient (Wildman–Crippen LogP) is 2.47. The molecule has 1 aliphatic carbocycles. The summed E-state index contributed by atoms with van der Waals surface area (Å²) in [5.41, 5.74) is 1.15. The van der Waals surface area contributed by atoms with E-state index in [4.69, 9.17) is 4.74 Å². The maximum absolute atomic E-state index is 5.92. The summed E-state index contributed by atoms with van der Waals surface area (Å²) >= 11 is 1.57. The molecular weight excluding hydrogens is 350 g/mol. The molecule has 3 aromatic heterocycles. The quantitative estimate of drug-likeness (QED) is 0.682. The molecule has 136 valence electrons. The van der Waals surface area contributed by atoms with Crippen molar-refractivity contribution in [3.63, 3.8) is 0 Å². The highest BCUT2D eigenvalue weighted by Crippen LogP contribution is 2.46. The summed E-state index contributed by atoms with van der Waals surface area (Å²) in [6.45, 7) is 5.04. The molecule has 1 fully saturated rings. The van der Waals surface area contributed by atoms with Gasteiger partial charge in [-0.25, -0.2) is 4.98 Å². The highest BCUT2D eigenvalue weighted by molar-refractivity contribution is 7.11. The highest BCUT2D eigenvalue weighted by Gasteiger charge is 2.40. The van der Waals surface area contributed by atoms with E-state index in [1.54, 1.807) is 11.3 Å². The first-order valence-corrected chi connectivity index (χ1v) is 9.39. The molecule has 3 aromatic rings. The van der Waals surface area contributed by atoms with Crippen LogP contribution in [-0.4, -0.2) is 36.6 Å². The zero-order chi connectivity index (χ0) is 18.1. The average Bonchev–Trinajstić information content (AvgIpc) is 3.05. The second kappa shape index (κ2) is 6.99. The molecule has 1 N–H and O–H groups in total. The summed E-state index contributed by atoms with van der Waals surface area (Å²) in [4.78, 5) is 8.78. The van der Waals surface area contributed by atoms with Crippen molar-refractivity contribution in [1.82, 2.24) is 29.9 Å². The Bertz CT molecular complexity index is 906. The smallest absolute Gasteiger partial charge is 0.218 e. The van der Waals surface area contributed by atoms with E-state index in [9.17, 15) is 0 Å². The molecule has 0 radical (unpaired) electrons. The summed E-state index contributed by atoms with van der Waals surface area (Å²) in [6.07, 6.45) is 3.10. The number of hydrogen-bond donors (Lipinski definition) is 1. The van der Waals surface area contributed by atoms with Crippen molar-refractivity contribution in [3.05, 3.63) is 39.9 Å². The number of nitrogens with zero attached hydrogens (tertiary/aromatic N) is 6. The second-order valence-electron chi connectivity index (χ2n) is 6.53. The summed E-state index contributed by atoms with van der Waals surface area (Å²) in [7, 11) is 1.94. The number of anilines is 1. The minimum absolute atomic E-state index is 0.498. The molecular formula is C17H21N7OS. The Morgan fingerprint density at radius 2 is 2.19 bits per heavy atom. The van der Waals surface area contributed by atoms with E-state index >= 15 is 0 Å². The molecule has 8 nitrogen and oxygen atoms in total. The molecule has 0 spiro atoms. The van der Waals surface area contributed by atoms with Crippen molar-refractivity contribution in [1.29, 1.82) is 0 Å². The zero-order valence-corrected chi connectivity index (χ0v) is 15.8. The molecule has 0 saturated heterocycles. The number of aryl methyl sites for hydroxylation is 3. The van der Waals surface area contributed by atoms with Gasteiger partial charge in [0.1, 0.15) is 21.7 Å². The van der Waals surface area contributed by atoms with Gasteiger partial charge in [0.05, 0.1) is 18.8 Å². The van der Waals surface area contributed by atoms with Gasteiger partial charge in [-0.2, -0.15) is 10.1 Å². The molecule has 0 bridgehead atoms. The zero-order valence-electron chi connectivity index (χ0n) is 15.0. The molecule has 4 rings (SSSR count). The summed E-state index contributed by atoms with van der Waals surface area (Å²) < 4.78 is 7.76. The summed E-state index contributed by atoms with van der Waals surface area (Å²) in [6, 6.07) is 3.91. The van der Waals surface area contributed by atoms with E-state index < -0.39 is 0 Å². The van der Waals surface area contributed by atoms with Gasteiger partial charge in [-0.3, -0.25) is 4.68 Å². The highest BCUT2D eigenvalue weighted by atomic mass is 32.1. The number of aromatic nitrogens is 6. The number of rotatable bonds is 7. The molecule has 0 aromatic carbocycles. The van der Waals surface area contributed by atoms with Gasteiger partial charge in [0.15, 0.2) is 0 Å². The third kappa shape index (κ3) is 3.98. The van der Waals surface area contributed by atoms with E-state index in [2.05, 4.69) is 36.6 Å². The van der Waals surface area contributed by atoms with Crippen LogP contribution in [0.25, 0.3) is 0 Å². The van der Waals surface area contributed by atoms with Gasteiger partial charge in [0.2, 0.25) is 5.88 Å². The minimum Gasteiger partial charge on any atom is -0.477 e. The fraction of sp³-hybridized carbons (Fsp3) is 0.471. The first-order valence-electron chi connectivity index (χ1n) is 8.57. The normalized spacial score (nSPS) is 18.7. The van der Waals surface area contributed by atoms with Gasteiger partial charge in [0, 0.05) is 31.1 Å².